The van der Waals surface area contributed by atoms with Gasteiger partial charge >= 0.3 is 5.97 Å². The second-order valence-corrected chi connectivity index (χ2v) is 5.33. The first-order valence-corrected chi connectivity index (χ1v) is 6.77. The monoisotopic (exact) mass is 263 g/mol. The van der Waals surface area contributed by atoms with Gasteiger partial charge in [0.1, 0.15) is 0 Å². The van der Waals surface area contributed by atoms with Crippen molar-refractivity contribution < 1.29 is 15.0 Å². The molecule has 1 saturated heterocycles. The Morgan fingerprint density at radius 3 is 2.68 bits per heavy atom. The summed E-state index contributed by atoms with van der Waals surface area (Å²) in [6, 6.07) is 9.79. The zero-order valence-corrected chi connectivity index (χ0v) is 11.2. The molecular formula is C15H21NO3. The molecule has 4 heteroatoms. The molecule has 1 aromatic rings. The molecule has 2 rings (SSSR count). The molecule has 0 aromatic heterocycles. The highest BCUT2D eigenvalue weighted by Gasteiger charge is 2.30. The lowest BCUT2D eigenvalue weighted by atomic mass is 9.91. The van der Waals surface area contributed by atoms with Crippen LogP contribution in [0.25, 0.3) is 0 Å². The molecule has 2 N–H and O–H groups in total. The van der Waals surface area contributed by atoms with Crippen molar-refractivity contribution in [2.45, 2.75) is 31.9 Å². The van der Waals surface area contributed by atoms with Gasteiger partial charge in [0.25, 0.3) is 0 Å². The average molecular weight is 263 g/mol. The third-order valence-corrected chi connectivity index (χ3v) is 3.95. The number of carboxylic acid groups (broad SMARTS) is 1. The van der Waals surface area contributed by atoms with Crippen molar-refractivity contribution >= 4 is 5.97 Å². The van der Waals surface area contributed by atoms with Crippen LogP contribution in [-0.4, -0.2) is 40.2 Å². The summed E-state index contributed by atoms with van der Waals surface area (Å²) in [7, 11) is 0. The van der Waals surface area contributed by atoms with Crippen LogP contribution in [0.3, 0.4) is 0 Å². The van der Waals surface area contributed by atoms with Crippen LogP contribution in [0.5, 0.6) is 0 Å². The summed E-state index contributed by atoms with van der Waals surface area (Å²) in [5.41, 5.74) is 0.912. The second-order valence-electron chi connectivity index (χ2n) is 5.33. The van der Waals surface area contributed by atoms with Gasteiger partial charge in [-0.05, 0) is 31.9 Å². The van der Waals surface area contributed by atoms with Gasteiger partial charge in [0.2, 0.25) is 0 Å². The molecule has 4 nitrogen and oxygen atoms in total. The number of benzene rings is 1. The Labute approximate surface area is 113 Å². The molecule has 1 heterocycles. The van der Waals surface area contributed by atoms with Gasteiger partial charge in [-0.15, -0.1) is 0 Å². The van der Waals surface area contributed by atoms with Gasteiger partial charge in [0, 0.05) is 12.6 Å². The van der Waals surface area contributed by atoms with Gasteiger partial charge < -0.3 is 10.2 Å². The van der Waals surface area contributed by atoms with Crippen LogP contribution in [0, 0.1) is 5.92 Å². The SMILES string of the molecule is CC1CC(C(=O)O)CCN1CC(O)c1ccccc1. The van der Waals surface area contributed by atoms with Crippen molar-refractivity contribution in [3.8, 4) is 0 Å². The summed E-state index contributed by atoms with van der Waals surface area (Å²) >= 11 is 0. The van der Waals surface area contributed by atoms with E-state index >= 15 is 0 Å². The zero-order chi connectivity index (χ0) is 13.8. The van der Waals surface area contributed by atoms with Gasteiger partial charge in [0.15, 0.2) is 0 Å². The fraction of sp³-hybridized carbons (Fsp3) is 0.533. The summed E-state index contributed by atoms with van der Waals surface area (Å²) in [5, 5.41) is 19.2. The number of carboxylic acids is 1. The molecule has 3 unspecified atom stereocenters. The van der Waals surface area contributed by atoms with Crippen LogP contribution < -0.4 is 0 Å². The molecule has 0 aliphatic carbocycles. The lowest BCUT2D eigenvalue weighted by Crippen LogP contribution is -2.44. The summed E-state index contributed by atoms with van der Waals surface area (Å²) < 4.78 is 0. The number of nitrogens with zero attached hydrogens (tertiary/aromatic N) is 1. The average Bonchev–Trinajstić information content (AvgIpc) is 2.41. The fourth-order valence-electron chi connectivity index (χ4n) is 2.72. The minimum Gasteiger partial charge on any atom is -0.481 e. The van der Waals surface area contributed by atoms with Gasteiger partial charge in [0.05, 0.1) is 12.0 Å². The topological polar surface area (TPSA) is 60.8 Å². The number of rotatable bonds is 4. The van der Waals surface area contributed by atoms with E-state index in [0.29, 0.717) is 19.4 Å². The minimum absolute atomic E-state index is 0.202. The summed E-state index contributed by atoms with van der Waals surface area (Å²) in [6.45, 7) is 3.34. The predicted molar refractivity (Wildman–Crippen MR) is 72.8 cm³/mol. The van der Waals surface area contributed by atoms with Gasteiger partial charge in [-0.2, -0.15) is 0 Å². The molecule has 19 heavy (non-hydrogen) atoms. The number of likely N-dealkylation sites (tertiary alicyclic amines) is 1. The Balaban J connectivity index is 1.92. The second kappa shape index (κ2) is 6.17. The highest BCUT2D eigenvalue weighted by atomic mass is 16.4. The summed E-state index contributed by atoms with van der Waals surface area (Å²) in [4.78, 5) is 13.2. The number of carbonyl (C=O) groups is 1. The molecule has 1 aliphatic rings. The molecule has 1 aromatic carbocycles. The Morgan fingerprint density at radius 2 is 2.11 bits per heavy atom. The lowest BCUT2D eigenvalue weighted by Gasteiger charge is -2.37. The number of aliphatic carboxylic acids is 1. The number of β-amino-alcohol motifs (C(OH)–C–C–N with tert-alkyl or cyclic N) is 1. The maximum atomic E-state index is 11.0. The molecule has 3 atom stereocenters. The first-order valence-electron chi connectivity index (χ1n) is 6.77. The van der Waals surface area contributed by atoms with Crippen LogP contribution in [0.15, 0.2) is 30.3 Å². The van der Waals surface area contributed by atoms with Crippen molar-refractivity contribution in [2.24, 2.45) is 5.92 Å². The molecule has 0 bridgehead atoms. The third kappa shape index (κ3) is 3.55. The molecule has 1 aliphatic heterocycles. The number of aliphatic hydroxyl groups is 1. The van der Waals surface area contributed by atoms with Crippen molar-refractivity contribution in [1.29, 1.82) is 0 Å². The molecule has 0 spiro atoms. The summed E-state index contributed by atoms with van der Waals surface area (Å²) in [5.74, 6) is -0.935. The first-order chi connectivity index (χ1) is 9.08. The van der Waals surface area contributed by atoms with E-state index in [9.17, 15) is 9.90 Å². The van der Waals surface area contributed by atoms with Crippen molar-refractivity contribution in [3.63, 3.8) is 0 Å². The van der Waals surface area contributed by atoms with Gasteiger partial charge in [-0.25, -0.2) is 0 Å². The number of hydrogen-bond donors (Lipinski definition) is 2. The number of piperidine rings is 1. The summed E-state index contributed by atoms with van der Waals surface area (Å²) in [6.07, 6.45) is 0.822. The molecule has 0 saturated carbocycles. The van der Waals surface area contributed by atoms with E-state index in [4.69, 9.17) is 5.11 Å². The largest absolute Gasteiger partial charge is 0.481 e. The van der Waals surface area contributed by atoms with E-state index in [-0.39, 0.29) is 12.0 Å². The number of hydrogen-bond acceptors (Lipinski definition) is 3. The lowest BCUT2D eigenvalue weighted by molar-refractivity contribution is -0.144. The van der Waals surface area contributed by atoms with Crippen LogP contribution >= 0.6 is 0 Å². The Kier molecular flexibility index (Phi) is 4.56. The minimum atomic E-state index is -0.699. The van der Waals surface area contributed by atoms with Crippen LogP contribution in [0.1, 0.15) is 31.4 Å². The van der Waals surface area contributed by atoms with Crippen LogP contribution in [-0.2, 0) is 4.79 Å². The van der Waals surface area contributed by atoms with Crippen molar-refractivity contribution in [3.05, 3.63) is 35.9 Å². The predicted octanol–water partition coefficient (Wildman–Crippen LogP) is 1.91. The first kappa shape index (κ1) is 14.0. The molecular weight excluding hydrogens is 242 g/mol. The van der Waals surface area contributed by atoms with E-state index in [1.165, 1.54) is 0 Å². The van der Waals surface area contributed by atoms with Crippen molar-refractivity contribution in [1.82, 2.24) is 4.90 Å². The highest BCUT2D eigenvalue weighted by molar-refractivity contribution is 5.70. The molecule has 0 radical (unpaired) electrons. The normalized spacial score (nSPS) is 26.0. The quantitative estimate of drug-likeness (QED) is 0.871. The standard InChI is InChI=1S/C15H21NO3/c1-11-9-13(15(18)19)7-8-16(11)10-14(17)12-5-3-2-4-6-12/h2-6,11,13-14,17H,7-10H2,1H3,(H,18,19). The van der Waals surface area contributed by atoms with Crippen LogP contribution in [0.4, 0.5) is 0 Å². The Morgan fingerprint density at radius 1 is 1.42 bits per heavy atom. The van der Waals surface area contributed by atoms with Gasteiger partial charge in [-0.1, -0.05) is 30.3 Å². The zero-order valence-electron chi connectivity index (χ0n) is 11.2. The molecule has 0 amide bonds. The maximum absolute atomic E-state index is 11.0. The fourth-order valence-corrected chi connectivity index (χ4v) is 2.72. The highest BCUT2D eigenvalue weighted by Crippen LogP contribution is 2.25. The van der Waals surface area contributed by atoms with Gasteiger partial charge in [-0.3, -0.25) is 9.69 Å². The van der Waals surface area contributed by atoms with E-state index < -0.39 is 12.1 Å². The molecule has 104 valence electrons. The molecule has 1 fully saturated rings. The van der Waals surface area contributed by atoms with E-state index in [1.807, 2.05) is 37.3 Å². The number of aliphatic hydroxyl groups excluding tert-OH is 1. The maximum Gasteiger partial charge on any atom is 0.306 e. The smallest absolute Gasteiger partial charge is 0.306 e. The van der Waals surface area contributed by atoms with Crippen molar-refractivity contribution in [2.75, 3.05) is 13.1 Å². The van der Waals surface area contributed by atoms with E-state index in [1.54, 1.807) is 0 Å². The Hall–Kier alpha value is -1.39. The van der Waals surface area contributed by atoms with E-state index in [2.05, 4.69) is 4.90 Å². The van der Waals surface area contributed by atoms with Crippen LogP contribution in [0.2, 0.25) is 0 Å². The Bertz CT molecular complexity index is 421. The third-order valence-electron chi connectivity index (χ3n) is 3.95. The van der Waals surface area contributed by atoms with E-state index in [0.717, 1.165) is 12.1 Å².